The van der Waals surface area contributed by atoms with E-state index >= 15 is 0 Å². The van der Waals surface area contributed by atoms with Gasteiger partial charge in [-0.2, -0.15) is 0 Å². The first kappa shape index (κ1) is 9.21. The van der Waals surface area contributed by atoms with Crippen molar-refractivity contribution < 1.29 is 14.3 Å². The number of rotatable bonds is 0. The molecular weight excluding hydrogens is 259 g/mol. The zero-order valence-electron chi connectivity index (χ0n) is 6.55. The molecule has 3 nitrogen and oxygen atoms in total. The van der Waals surface area contributed by atoms with Gasteiger partial charge in [0.05, 0.1) is 5.92 Å². The van der Waals surface area contributed by atoms with Gasteiger partial charge in [0.15, 0.2) is 0 Å². The average Bonchev–Trinajstić information content (AvgIpc) is 2.28. The minimum atomic E-state index is -0.859. The van der Waals surface area contributed by atoms with Gasteiger partial charge in [-0.3, -0.25) is 4.79 Å². The van der Waals surface area contributed by atoms with Gasteiger partial charge in [0, 0.05) is 5.03 Å². The summed E-state index contributed by atoms with van der Waals surface area (Å²) in [5.41, 5.74) is 0. The fraction of sp³-hybridized carbons (Fsp3) is 0.500. The van der Waals surface area contributed by atoms with Crippen molar-refractivity contribution >= 4 is 39.5 Å². The molecule has 70 valence electrons. The van der Waals surface area contributed by atoms with Crippen LogP contribution in [0.25, 0.3) is 0 Å². The van der Waals surface area contributed by atoms with Crippen molar-refractivity contribution in [3.8, 4) is 0 Å². The molecular formula is C8H6BrClO3. The van der Waals surface area contributed by atoms with Crippen LogP contribution in [0.5, 0.6) is 0 Å². The average molecular weight is 265 g/mol. The highest BCUT2D eigenvalue weighted by Gasteiger charge is 2.56. The Morgan fingerprint density at radius 1 is 1.62 bits per heavy atom. The lowest BCUT2D eigenvalue weighted by molar-refractivity contribution is -0.153. The standard InChI is InChI=1S/C8H6BrClO3/c9-8-2-1-4(10)3-5(8)6(11)13-7(8)12/h1,5H,2-3H2. The fourth-order valence-electron chi connectivity index (χ4n) is 1.58. The number of fused-ring (bicyclic) bond motifs is 1. The molecule has 0 amide bonds. The highest BCUT2D eigenvalue weighted by molar-refractivity contribution is 9.10. The molecule has 0 bridgehead atoms. The first-order valence-corrected chi connectivity index (χ1v) is 5.01. The Hall–Kier alpha value is -0.350. The Kier molecular flexibility index (Phi) is 2.00. The normalized spacial score (nSPS) is 38.3. The highest BCUT2D eigenvalue weighted by Crippen LogP contribution is 2.46. The second kappa shape index (κ2) is 2.82. The molecule has 2 atom stereocenters. The van der Waals surface area contributed by atoms with Crippen LogP contribution >= 0.6 is 27.5 Å². The summed E-state index contributed by atoms with van der Waals surface area (Å²) in [6.45, 7) is 0. The summed E-state index contributed by atoms with van der Waals surface area (Å²) in [6.07, 6.45) is 2.55. The highest BCUT2D eigenvalue weighted by atomic mass is 79.9. The molecule has 0 radical (unpaired) electrons. The monoisotopic (exact) mass is 264 g/mol. The molecule has 0 aromatic rings. The predicted molar refractivity (Wildman–Crippen MR) is 49.4 cm³/mol. The second-order valence-corrected chi connectivity index (χ2v) is 5.08. The van der Waals surface area contributed by atoms with Crippen LogP contribution in [0.2, 0.25) is 0 Å². The summed E-state index contributed by atoms with van der Waals surface area (Å²) in [7, 11) is 0. The minimum Gasteiger partial charge on any atom is -0.392 e. The van der Waals surface area contributed by atoms with E-state index in [1.807, 2.05) is 0 Å². The molecule has 0 aromatic heterocycles. The van der Waals surface area contributed by atoms with Crippen molar-refractivity contribution in [3.63, 3.8) is 0 Å². The van der Waals surface area contributed by atoms with Gasteiger partial charge in [0.2, 0.25) is 0 Å². The second-order valence-electron chi connectivity index (χ2n) is 3.18. The number of ether oxygens (including phenoxy) is 1. The van der Waals surface area contributed by atoms with E-state index in [2.05, 4.69) is 20.7 Å². The summed E-state index contributed by atoms with van der Waals surface area (Å²) >= 11 is 9.04. The molecule has 0 spiro atoms. The van der Waals surface area contributed by atoms with E-state index in [0.29, 0.717) is 17.9 Å². The molecule has 2 unspecified atom stereocenters. The van der Waals surface area contributed by atoms with Crippen molar-refractivity contribution in [1.82, 2.24) is 0 Å². The van der Waals surface area contributed by atoms with Gasteiger partial charge < -0.3 is 4.74 Å². The lowest BCUT2D eigenvalue weighted by Gasteiger charge is -2.25. The zero-order chi connectivity index (χ0) is 9.64. The number of hydrogen-bond donors (Lipinski definition) is 0. The molecule has 5 heteroatoms. The topological polar surface area (TPSA) is 43.4 Å². The Labute approximate surface area is 88.2 Å². The van der Waals surface area contributed by atoms with Crippen LogP contribution in [0.3, 0.4) is 0 Å². The van der Waals surface area contributed by atoms with Gasteiger partial charge in [-0.15, -0.1) is 0 Å². The van der Waals surface area contributed by atoms with Gasteiger partial charge in [0.25, 0.3) is 0 Å². The van der Waals surface area contributed by atoms with Crippen LogP contribution < -0.4 is 0 Å². The third-order valence-corrected chi connectivity index (χ3v) is 3.90. The first-order valence-electron chi connectivity index (χ1n) is 3.83. The molecule has 1 heterocycles. The van der Waals surface area contributed by atoms with Crippen LogP contribution in [0.15, 0.2) is 11.1 Å². The van der Waals surface area contributed by atoms with Gasteiger partial charge in [-0.05, 0) is 12.8 Å². The summed E-state index contributed by atoms with van der Waals surface area (Å²) in [6, 6.07) is 0. The van der Waals surface area contributed by atoms with E-state index in [0.717, 1.165) is 0 Å². The molecule has 1 fully saturated rings. The van der Waals surface area contributed by atoms with E-state index in [1.165, 1.54) is 0 Å². The van der Waals surface area contributed by atoms with E-state index in [-0.39, 0.29) is 0 Å². The van der Waals surface area contributed by atoms with Crippen LogP contribution in [0.1, 0.15) is 12.8 Å². The van der Waals surface area contributed by atoms with Crippen LogP contribution in [0, 0.1) is 5.92 Å². The quantitative estimate of drug-likeness (QED) is 0.381. The van der Waals surface area contributed by atoms with Crippen LogP contribution in [-0.2, 0) is 14.3 Å². The van der Waals surface area contributed by atoms with E-state index in [1.54, 1.807) is 6.08 Å². The van der Waals surface area contributed by atoms with Crippen molar-refractivity contribution in [2.45, 2.75) is 17.2 Å². The number of esters is 2. The molecule has 2 rings (SSSR count). The molecule has 1 aliphatic heterocycles. The third kappa shape index (κ3) is 1.23. The Morgan fingerprint density at radius 2 is 2.31 bits per heavy atom. The van der Waals surface area contributed by atoms with Crippen LogP contribution in [0.4, 0.5) is 0 Å². The number of halogens is 2. The van der Waals surface area contributed by atoms with Crippen molar-refractivity contribution in [2.75, 3.05) is 0 Å². The Morgan fingerprint density at radius 3 is 3.00 bits per heavy atom. The lowest BCUT2D eigenvalue weighted by atomic mass is 9.85. The SMILES string of the molecule is O=C1OC(=O)C2(Br)CC=C(Cl)CC12. The number of carbonyl (C=O) groups excluding carboxylic acids is 2. The third-order valence-electron chi connectivity index (χ3n) is 2.39. The Balaban J connectivity index is 2.40. The van der Waals surface area contributed by atoms with Crippen LogP contribution in [-0.4, -0.2) is 16.3 Å². The van der Waals surface area contributed by atoms with E-state index in [9.17, 15) is 9.59 Å². The fourth-order valence-corrected chi connectivity index (χ4v) is 2.41. The number of hydrogen-bond acceptors (Lipinski definition) is 3. The largest absolute Gasteiger partial charge is 0.392 e. The maximum absolute atomic E-state index is 11.3. The van der Waals surface area contributed by atoms with Crippen molar-refractivity contribution in [2.24, 2.45) is 5.92 Å². The van der Waals surface area contributed by atoms with Gasteiger partial charge in [-0.1, -0.05) is 33.6 Å². The first-order chi connectivity index (χ1) is 6.04. The number of alkyl halides is 1. The summed E-state index contributed by atoms with van der Waals surface area (Å²) < 4.78 is 3.68. The smallest absolute Gasteiger partial charge is 0.331 e. The Bertz CT molecular complexity index is 325. The summed E-state index contributed by atoms with van der Waals surface area (Å²) in [5, 5.41) is 0.617. The number of cyclic esters (lactones) is 2. The number of allylic oxidation sites excluding steroid dienone is 2. The van der Waals surface area contributed by atoms with E-state index in [4.69, 9.17) is 11.6 Å². The molecule has 1 saturated heterocycles. The minimum absolute atomic E-state index is 0.386. The maximum Gasteiger partial charge on any atom is 0.331 e. The van der Waals surface area contributed by atoms with Gasteiger partial charge in [0.1, 0.15) is 4.32 Å². The maximum atomic E-state index is 11.3. The molecule has 0 saturated carbocycles. The summed E-state index contributed by atoms with van der Waals surface area (Å²) in [5.74, 6) is -1.44. The van der Waals surface area contributed by atoms with Gasteiger partial charge >= 0.3 is 11.9 Å². The molecule has 2 aliphatic rings. The molecule has 0 aromatic carbocycles. The molecule has 13 heavy (non-hydrogen) atoms. The van der Waals surface area contributed by atoms with E-state index < -0.39 is 22.2 Å². The zero-order valence-corrected chi connectivity index (χ0v) is 8.89. The number of carbonyl (C=O) groups is 2. The predicted octanol–water partition coefficient (Wildman–Crippen LogP) is 1.74. The molecule has 1 aliphatic carbocycles. The summed E-state index contributed by atoms with van der Waals surface area (Å²) in [4.78, 5) is 22.5. The lowest BCUT2D eigenvalue weighted by Crippen LogP contribution is -2.36. The van der Waals surface area contributed by atoms with Crippen molar-refractivity contribution in [3.05, 3.63) is 11.1 Å². The van der Waals surface area contributed by atoms with Gasteiger partial charge in [-0.25, -0.2) is 4.79 Å². The molecule has 0 N–H and O–H groups in total. The van der Waals surface area contributed by atoms with Crippen molar-refractivity contribution in [1.29, 1.82) is 0 Å².